The van der Waals surface area contributed by atoms with E-state index in [9.17, 15) is 9.59 Å². The number of thiocarbonyl (C=S) groups is 1. The first kappa shape index (κ1) is 23.9. The number of carbonyl (C=O) groups is 2. The molecule has 0 spiro atoms. The molecule has 7 nitrogen and oxygen atoms in total. The number of amides is 2. The number of nitrogens with one attached hydrogen (secondary N) is 3. The minimum absolute atomic E-state index is 0.00809. The average molecular weight is 463 g/mol. The standard InChI is InChI=1S/C25H26N4O3S/c1-25(2,3)17-10-8-16(9-11-17)22(30)29-24(33)27-18-12-13-19(21(15-18)32-4)28-23(31)20-7-5-6-14-26-20/h5-15H,1-4H3,(H,28,31)(H2,27,29,30,33). The van der Waals surface area contributed by atoms with Crippen LogP contribution in [-0.4, -0.2) is 29.0 Å². The van der Waals surface area contributed by atoms with Gasteiger partial charge in [-0.15, -0.1) is 0 Å². The van der Waals surface area contributed by atoms with E-state index in [1.807, 2.05) is 12.1 Å². The number of aromatic nitrogens is 1. The van der Waals surface area contributed by atoms with Crippen LogP contribution in [0.3, 0.4) is 0 Å². The summed E-state index contributed by atoms with van der Waals surface area (Å²) < 4.78 is 5.39. The van der Waals surface area contributed by atoms with Crippen LogP contribution >= 0.6 is 12.2 Å². The van der Waals surface area contributed by atoms with Crippen LogP contribution in [0.5, 0.6) is 5.75 Å². The lowest BCUT2D eigenvalue weighted by Crippen LogP contribution is -2.34. The highest BCUT2D eigenvalue weighted by Crippen LogP contribution is 2.28. The van der Waals surface area contributed by atoms with Crippen molar-refractivity contribution in [1.82, 2.24) is 10.3 Å². The van der Waals surface area contributed by atoms with Crippen molar-refractivity contribution in [3.63, 3.8) is 0 Å². The summed E-state index contributed by atoms with van der Waals surface area (Å²) in [5.41, 5.74) is 3.03. The van der Waals surface area contributed by atoms with Crippen molar-refractivity contribution in [1.29, 1.82) is 0 Å². The van der Waals surface area contributed by atoms with E-state index in [2.05, 4.69) is 41.7 Å². The van der Waals surface area contributed by atoms with E-state index in [0.717, 1.165) is 5.56 Å². The molecule has 0 saturated carbocycles. The van der Waals surface area contributed by atoms with Gasteiger partial charge in [-0.1, -0.05) is 39.0 Å². The number of hydrogen-bond acceptors (Lipinski definition) is 5. The molecule has 1 heterocycles. The maximum absolute atomic E-state index is 12.5. The van der Waals surface area contributed by atoms with Crippen LogP contribution in [0.15, 0.2) is 66.9 Å². The summed E-state index contributed by atoms with van der Waals surface area (Å²) in [6.07, 6.45) is 1.55. The maximum atomic E-state index is 12.5. The van der Waals surface area contributed by atoms with Gasteiger partial charge >= 0.3 is 0 Å². The number of rotatable bonds is 5. The summed E-state index contributed by atoms with van der Waals surface area (Å²) in [6, 6.07) is 17.6. The molecule has 170 valence electrons. The summed E-state index contributed by atoms with van der Waals surface area (Å²) in [4.78, 5) is 28.9. The normalized spacial score (nSPS) is 10.8. The molecule has 0 unspecified atom stereocenters. The van der Waals surface area contributed by atoms with E-state index >= 15 is 0 Å². The smallest absolute Gasteiger partial charge is 0.274 e. The number of anilines is 2. The molecule has 0 saturated heterocycles. The lowest BCUT2D eigenvalue weighted by molar-refractivity contribution is 0.0976. The number of ether oxygens (including phenoxy) is 1. The third-order valence-corrected chi connectivity index (χ3v) is 5.05. The van der Waals surface area contributed by atoms with Crippen LogP contribution in [0.4, 0.5) is 11.4 Å². The first-order valence-electron chi connectivity index (χ1n) is 10.3. The Bertz CT molecular complexity index is 1160. The minimum atomic E-state index is -0.352. The van der Waals surface area contributed by atoms with Gasteiger partial charge in [0.2, 0.25) is 0 Å². The van der Waals surface area contributed by atoms with E-state index in [1.165, 1.54) is 7.11 Å². The van der Waals surface area contributed by atoms with E-state index in [-0.39, 0.29) is 22.3 Å². The topological polar surface area (TPSA) is 92.4 Å². The maximum Gasteiger partial charge on any atom is 0.274 e. The van der Waals surface area contributed by atoms with E-state index in [1.54, 1.807) is 54.7 Å². The molecule has 2 aromatic carbocycles. The quantitative estimate of drug-likeness (QED) is 0.473. The number of carbonyl (C=O) groups excluding carboxylic acids is 2. The third kappa shape index (κ3) is 6.36. The Morgan fingerprint density at radius 1 is 0.939 bits per heavy atom. The van der Waals surface area contributed by atoms with Crippen LogP contribution in [-0.2, 0) is 5.41 Å². The van der Waals surface area contributed by atoms with Crippen LogP contribution in [0.25, 0.3) is 0 Å². The molecule has 2 amide bonds. The Morgan fingerprint density at radius 2 is 1.67 bits per heavy atom. The number of hydrogen-bond donors (Lipinski definition) is 3. The minimum Gasteiger partial charge on any atom is -0.494 e. The van der Waals surface area contributed by atoms with Gasteiger partial charge in [-0.2, -0.15) is 0 Å². The Balaban J connectivity index is 1.63. The van der Waals surface area contributed by atoms with Crippen molar-refractivity contribution in [3.8, 4) is 5.75 Å². The molecule has 0 fully saturated rings. The van der Waals surface area contributed by atoms with Crippen molar-refractivity contribution in [2.24, 2.45) is 0 Å². The second-order valence-electron chi connectivity index (χ2n) is 8.32. The van der Waals surface area contributed by atoms with Crippen LogP contribution < -0.4 is 20.7 Å². The molecule has 1 aromatic heterocycles. The van der Waals surface area contributed by atoms with Gasteiger partial charge in [0.05, 0.1) is 12.8 Å². The Kier molecular flexibility index (Phi) is 7.40. The van der Waals surface area contributed by atoms with Crippen molar-refractivity contribution in [2.45, 2.75) is 26.2 Å². The first-order chi connectivity index (χ1) is 15.7. The molecule has 8 heteroatoms. The van der Waals surface area contributed by atoms with Crippen LogP contribution in [0, 0.1) is 0 Å². The molecular weight excluding hydrogens is 436 g/mol. The summed E-state index contributed by atoms with van der Waals surface area (Å²) >= 11 is 5.28. The molecule has 0 bridgehead atoms. The van der Waals surface area contributed by atoms with Gasteiger partial charge in [-0.25, -0.2) is 0 Å². The summed E-state index contributed by atoms with van der Waals surface area (Å²) in [6.45, 7) is 6.35. The van der Waals surface area contributed by atoms with Crippen molar-refractivity contribution in [2.75, 3.05) is 17.7 Å². The average Bonchev–Trinajstić information content (AvgIpc) is 2.80. The first-order valence-corrected chi connectivity index (χ1v) is 10.7. The molecule has 0 radical (unpaired) electrons. The molecule has 3 rings (SSSR count). The zero-order valence-electron chi connectivity index (χ0n) is 18.9. The zero-order valence-corrected chi connectivity index (χ0v) is 19.7. The zero-order chi connectivity index (χ0) is 24.0. The Hall–Kier alpha value is -3.78. The number of pyridine rings is 1. The van der Waals surface area contributed by atoms with E-state index in [0.29, 0.717) is 28.4 Å². The van der Waals surface area contributed by atoms with Crippen molar-refractivity contribution >= 4 is 40.5 Å². The summed E-state index contributed by atoms with van der Waals surface area (Å²) in [5.74, 6) is -0.231. The molecule has 0 aliphatic heterocycles. The number of nitrogens with zero attached hydrogens (tertiary/aromatic N) is 1. The Labute approximate surface area is 198 Å². The number of methoxy groups -OCH3 is 1. The van der Waals surface area contributed by atoms with Crippen LogP contribution in [0.1, 0.15) is 47.2 Å². The van der Waals surface area contributed by atoms with Crippen molar-refractivity contribution < 1.29 is 14.3 Å². The largest absolute Gasteiger partial charge is 0.494 e. The van der Waals surface area contributed by atoms with Gasteiger partial charge in [0, 0.05) is 23.5 Å². The van der Waals surface area contributed by atoms with Gasteiger partial charge in [-0.05, 0) is 59.6 Å². The SMILES string of the molecule is COc1cc(NC(=S)NC(=O)c2ccc(C(C)(C)C)cc2)ccc1NC(=O)c1ccccn1. The fourth-order valence-electron chi connectivity index (χ4n) is 3.01. The van der Waals surface area contributed by atoms with Crippen LogP contribution in [0.2, 0.25) is 0 Å². The highest BCUT2D eigenvalue weighted by molar-refractivity contribution is 7.80. The highest BCUT2D eigenvalue weighted by Gasteiger charge is 2.15. The predicted molar refractivity (Wildman–Crippen MR) is 134 cm³/mol. The Morgan fingerprint density at radius 3 is 2.27 bits per heavy atom. The summed E-state index contributed by atoms with van der Waals surface area (Å²) in [7, 11) is 1.50. The summed E-state index contributed by atoms with van der Waals surface area (Å²) in [5, 5.41) is 8.55. The number of benzene rings is 2. The predicted octanol–water partition coefficient (Wildman–Crippen LogP) is 4.77. The van der Waals surface area contributed by atoms with Gasteiger partial charge in [0.25, 0.3) is 11.8 Å². The highest BCUT2D eigenvalue weighted by atomic mass is 32.1. The molecule has 3 aromatic rings. The molecule has 33 heavy (non-hydrogen) atoms. The lowest BCUT2D eigenvalue weighted by atomic mass is 9.87. The fraction of sp³-hybridized carbons (Fsp3) is 0.200. The van der Waals surface area contributed by atoms with E-state index < -0.39 is 0 Å². The van der Waals surface area contributed by atoms with E-state index in [4.69, 9.17) is 17.0 Å². The van der Waals surface area contributed by atoms with Gasteiger partial charge in [0.1, 0.15) is 11.4 Å². The van der Waals surface area contributed by atoms with Crippen molar-refractivity contribution in [3.05, 3.63) is 83.7 Å². The van der Waals surface area contributed by atoms with Gasteiger partial charge in [0.15, 0.2) is 5.11 Å². The second kappa shape index (κ2) is 10.2. The molecule has 0 aliphatic carbocycles. The lowest BCUT2D eigenvalue weighted by Gasteiger charge is -2.19. The van der Waals surface area contributed by atoms with Gasteiger partial charge in [-0.3, -0.25) is 19.9 Å². The fourth-order valence-corrected chi connectivity index (χ4v) is 3.23. The molecule has 0 atom stereocenters. The molecule has 3 N–H and O–H groups in total. The third-order valence-electron chi connectivity index (χ3n) is 4.85. The van der Waals surface area contributed by atoms with Gasteiger partial charge < -0.3 is 15.4 Å². The molecule has 0 aliphatic rings. The monoisotopic (exact) mass is 462 g/mol. The molecular formula is C25H26N4O3S. The second-order valence-corrected chi connectivity index (χ2v) is 8.73.